The molecule has 0 saturated carbocycles. The lowest BCUT2D eigenvalue weighted by atomic mass is 10.0. The largest absolute Gasteiger partial charge is 0.512 e. The number of β-lactam (4-membered cyclic amide) rings is 1. The van der Waals surface area contributed by atoms with Crippen LogP contribution in [0, 0.1) is 0 Å². The number of carbonyl (C=O) groups is 5. The van der Waals surface area contributed by atoms with Crippen molar-refractivity contribution in [3.8, 4) is 0 Å². The van der Waals surface area contributed by atoms with Gasteiger partial charge in [-0.05, 0) is 28.1 Å². The number of aliphatic hydroxyl groups is 1. The number of nitrogens with two attached hydrogens (primary N) is 1. The predicted octanol–water partition coefficient (Wildman–Crippen LogP) is -0.698. The first-order valence-electron chi connectivity index (χ1n) is 11.9. The summed E-state index contributed by atoms with van der Waals surface area (Å²) in [7, 11) is 1.64. The van der Waals surface area contributed by atoms with E-state index in [1.54, 1.807) is 7.05 Å². The fraction of sp³-hybridized carbons (Fsp3) is 0.364. The number of benzene rings is 1. The van der Waals surface area contributed by atoms with Crippen molar-refractivity contribution in [3.05, 3.63) is 41.3 Å². The van der Waals surface area contributed by atoms with E-state index < -0.39 is 60.2 Å². The number of hydrogen-bond acceptors (Lipinski definition) is 14. The molecule has 20 heteroatoms. The van der Waals surface area contributed by atoms with E-state index in [2.05, 4.69) is 26.2 Å². The van der Waals surface area contributed by atoms with E-state index in [1.807, 2.05) is 0 Å². The first kappa shape index (κ1) is 30.6. The maximum atomic E-state index is 13.0. The molecule has 0 aliphatic carbocycles. The van der Waals surface area contributed by atoms with Gasteiger partial charge in [0, 0.05) is 29.8 Å². The Kier molecular flexibility index (Phi) is 9.50. The van der Waals surface area contributed by atoms with Crippen molar-refractivity contribution in [3.63, 3.8) is 0 Å². The molecule has 3 heterocycles. The molecule has 2 aliphatic heterocycles. The zero-order valence-electron chi connectivity index (χ0n) is 21.6. The monoisotopic (exact) mass is 624 g/mol. The number of fused-ring (bicyclic) bond motifs is 1. The van der Waals surface area contributed by atoms with Gasteiger partial charge < -0.3 is 35.8 Å². The van der Waals surface area contributed by atoms with Crippen LogP contribution >= 0.6 is 23.5 Å². The Morgan fingerprint density at radius 3 is 2.57 bits per heavy atom. The number of aromatic nitrogens is 4. The van der Waals surface area contributed by atoms with Crippen molar-refractivity contribution < 1.29 is 48.8 Å². The van der Waals surface area contributed by atoms with Gasteiger partial charge in [-0.2, -0.15) is 0 Å². The number of carboxylic acid groups (broad SMARTS) is 2. The Labute approximate surface area is 244 Å². The van der Waals surface area contributed by atoms with Crippen LogP contribution in [0.2, 0.25) is 0 Å². The summed E-state index contributed by atoms with van der Waals surface area (Å²) in [5.41, 5.74) is 6.16. The second kappa shape index (κ2) is 13.1. The van der Waals surface area contributed by atoms with Gasteiger partial charge in [-0.25, -0.2) is 14.3 Å². The van der Waals surface area contributed by atoms with E-state index in [0.29, 0.717) is 16.5 Å². The SMILES string of the molecule is Cn1nnnc1SCC1=C(OC(=O)O)N2C(=O)[C@@H](NC(=O)[C@H](O)c3ccc(NC(=O)OC[C@@H](N)C(=O)O)cc3)[C@@H]2SC1. The highest BCUT2D eigenvalue weighted by atomic mass is 32.2. The number of hydrogen-bond donors (Lipinski definition) is 6. The Morgan fingerprint density at radius 2 is 1.95 bits per heavy atom. The molecule has 1 fully saturated rings. The van der Waals surface area contributed by atoms with Gasteiger partial charge in [-0.3, -0.25) is 24.6 Å². The highest BCUT2D eigenvalue weighted by Gasteiger charge is 2.54. The van der Waals surface area contributed by atoms with Gasteiger partial charge in [0.25, 0.3) is 11.8 Å². The summed E-state index contributed by atoms with van der Waals surface area (Å²) in [6.07, 6.45) is -4.24. The molecule has 18 nitrogen and oxygen atoms in total. The number of rotatable bonds is 11. The van der Waals surface area contributed by atoms with Crippen molar-refractivity contribution in [2.75, 3.05) is 23.4 Å². The Bertz CT molecular complexity index is 1420. The van der Waals surface area contributed by atoms with Crippen molar-refractivity contribution in [2.45, 2.75) is 28.7 Å². The average Bonchev–Trinajstić information content (AvgIpc) is 3.37. The van der Waals surface area contributed by atoms with Crippen LogP contribution in [-0.4, -0.2) is 106 Å². The standard InChI is InChI=1S/C22H24N8O10S2/c1-29-20(26-27-28-29)42-8-10-7-41-18-13(16(33)30(18)17(10)40-22(37)38)25-15(32)14(31)9-2-4-11(5-3-9)24-21(36)39-6-12(23)19(34)35/h2-5,12-14,18,31H,6-8,23H2,1H3,(H,24,36)(H,25,32)(H,34,35)(H,37,38)/t12-,13-,14-,18+/m1/s1. The normalized spacial score (nSPS) is 19.2. The van der Waals surface area contributed by atoms with Crippen molar-refractivity contribution in [1.29, 1.82) is 0 Å². The van der Waals surface area contributed by atoms with Crippen LogP contribution < -0.4 is 16.4 Å². The smallest absolute Gasteiger partial charge is 0.480 e. The molecule has 1 aromatic carbocycles. The molecular weight excluding hydrogens is 600 g/mol. The Hall–Kier alpha value is -4.40. The van der Waals surface area contributed by atoms with E-state index in [4.69, 9.17) is 20.3 Å². The zero-order valence-corrected chi connectivity index (χ0v) is 23.2. The maximum Gasteiger partial charge on any atom is 0.512 e. The molecule has 3 amide bonds. The number of carboxylic acids is 1. The summed E-state index contributed by atoms with van der Waals surface area (Å²) in [6, 6.07) is 3.02. The van der Waals surface area contributed by atoms with E-state index >= 15 is 0 Å². The van der Waals surface area contributed by atoms with Crippen LogP contribution in [0.1, 0.15) is 11.7 Å². The number of amides is 3. The topological polar surface area (TPSA) is 261 Å². The third-order valence-corrected chi connectivity index (χ3v) is 8.30. The van der Waals surface area contributed by atoms with Gasteiger partial charge in [0.05, 0.1) is 0 Å². The summed E-state index contributed by atoms with van der Waals surface area (Å²) >= 11 is 2.51. The van der Waals surface area contributed by atoms with Gasteiger partial charge in [0.15, 0.2) is 6.10 Å². The minimum Gasteiger partial charge on any atom is -0.480 e. The quantitative estimate of drug-likeness (QED) is 0.103. The summed E-state index contributed by atoms with van der Waals surface area (Å²) in [5.74, 6) is -2.43. The lowest BCUT2D eigenvalue weighted by Crippen LogP contribution is -2.70. The number of anilines is 1. The number of aliphatic carboxylic acids is 1. The number of nitrogens with one attached hydrogen (secondary N) is 2. The van der Waals surface area contributed by atoms with Crippen LogP contribution in [0.15, 0.2) is 40.9 Å². The molecule has 42 heavy (non-hydrogen) atoms. The molecule has 0 unspecified atom stereocenters. The third-order valence-electron chi connectivity index (χ3n) is 5.86. The maximum absolute atomic E-state index is 13.0. The van der Waals surface area contributed by atoms with E-state index in [0.717, 1.165) is 4.90 Å². The molecule has 224 valence electrons. The Balaban J connectivity index is 1.34. The van der Waals surface area contributed by atoms with E-state index in [9.17, 15) is 34.2 Å². The molecule has 1 saturated heterocycles. The first-order valence-corrected chi connectivity index (χ1v) is 13.9. The van der Waals surface area contributed by atoms with Gasteiger partial charge in [0.2, 0.25) is 11.0 Å². The molecule has 2 aromatic rings. The van der Waals surface area contributed by atoms with Crippen LogP contribution in [0.3, 0.4) is 0 Å². The number of carbonyl (C=O) groups excluding carboxylic acids is 3. The summed E-state index contributed by atoms with van der Waals surface area (Å²) in [4.78, 5) is 60.7. The van der Waals surface area contributed by atoms with Crippen molar-refractivity contribution in [2.24, 2.45) is 12.8 Å². The van der Waals surface area contributed by atoms with Crippen LogP contribution in [0.4, 0.5) is 15.3 Å². The van der Waals surface area contributed by atoms with Gasteiger partial charge in [0.1, 0.15) is 24.1 Å². The fourth-order valence-electron chi connectivity index (χ4n) is 3.73. The number of tetrazole rings is 1. The highest BCUT2D eigenvalue weighted by molar-refractivity contribution is 8.01. The average molecular weight is 625 g/mol. The number of ether oxygens (including phenoxy) is 2. The first-order chi connectivity index (χ1) is 20.0. The van der Waals surface area contributed by atoms with Gasteiger partial charge >= 0.3 is 18.2 Å². The molecule has 7 N–H and O–H groups in total. The molecule has 0 spiro atoms. The third kappa shape index (κ3) is 6.90. The fourth-order valence-corrected chi connectivity index (χ4v) is 6.03. The highest BCUT2D eigenvalue weighted by Crippen LogP contribution is 2.42. The second-order valence-corrected chi connectivity index (χ2v) is 10.8. The van der Waals surface area contributed by atoms with E-state index in [-0.39, 0.29) is 22.9 Å². The minimum atomic E-state index is -1.67. The molecular formula is C22H24N8O10S2. The molecule has 4 atom stereocenters. The Morgan fingerprint density at radius 1 is 1.24 bits per heavy atom. The zero-order chi connectivity index (χ0) is 30.6. The lowest BCUT2D eigenvalue weighted by Gasteiger charge is -2.49. The number of aryl methyl sites for hydroxylation is 1. The lowest BCUT2D eigenvalue weighted by molar-refractivity contribution is -0.150. The van der Waals surface area contributed by atoms with Crippen LogP contribution in [0.5, 0.6) is 0 Å². The predicted molar refractivity (Wildman–Crippen MR) is 143 cm³/mol. The number of nitrogens with zero attached hydrogens (tertiary/aromatic N) is 5. The molecule has 4 rings (SSSR count). The summed E-state index contributed by atoms with van der Waals surface area (Å²) < 4.78 is 11.1. The van der Waals surface area contributed by atoms with Crippen molar-refractivity contribution >= 4 is 59.2 Å². The van der Waals surface area contributed by atoms with Crippen LogP contribution in [0.25, 0.3) is 0 Å². The molecule has 2 aliphatic rings. The molecule has 0 radical (unpaired) electrons. The minimum absolute atomic E-state index is 0.142. The summed E-state index contributed by atoms with van der Waals surface area (Å²) in [5, 5.41) is 44.3. The van der Waals surface area contributed by atoms with Gasteiger partial charge in [-0.15, -0.1) is 16.9 Å². The van der Waals surface area contributed by atoms with Crippen molar-refractivity contribution in [1.82, 2.24) is 30.4 Å². The number of thioether (sulfide) groups is 2. The van der Waals surface area contributed by atoms with Crippen LogP contribution in [-0.2, 0) is 30.9 Å². The summed E-state index contributed by atoms with van der Waals surface area (Å²) in [6.45, 7) is -0.546. The second-order valence-electron chi connectivity index (χ2n) is 8.74. The molecule has 1 aromatic heterocycles. The number of aliphatic hydroxyl groups excluding tert-OH is 1. The van der Waals surface area contributed by atoms with E-state index in [1.165, 1.54) is 52.5 Å². The molecule has 0 bridgehead atoms. The van der Waals surface area contributed by atoms with Gasteiger partial charge in [-0.1, -0.05) is 23.9 Å².